The Morgan fingerprint density at radius 2 is 1.86 bits per heavy atom. The molecule has 1 heterocycles. The fourth-order valence-corrected chi connectivity index (χ4v) is 3.71. The van der Waals surface area contributed by atoms with Crippen molar-refractivity contribution in [2.75, 3.05) is 19.6 Å². The summed E-state index contributed by atoms with van der Waals surface area (Å²) in [5.74, 6) is 2.32. The normalized spacial score (nSPS) is 27.0. The zero-order chi connectivity index (χ0) is 15.4. The second-order valence-corrected chi connectivity index (χ2v) is 7.08. The fourth-order valence-electron chi connectivity index (χ4n) is 3.71. The van der Waals surface area contributed by atoms with Crippen molar-refractivity contribution in [1.29, 1.82) is 0 Å². The zero-order valence-electron chi connectivity index (χ0n) is 13.6. The van der Waals surface area contributed by atoms with Gasteiger partial charge in [-0.2, -0.15) is 0 Å². The molecular formula is C19H28N2O. The van der Waals surface area contributed by atoms with Gasteiger partial charge < -0.3 is 10.6 Å². The van der Waals surface area contributed by atoms with Gasteiger partial charge in [0.25, 0.3) is 0 Å². The van der Waals surface area contributed by atoms with Crippen molar-refractivity contribution < 1.29 is 4.79 Å². The fraction of sp³-hybridized carbons (Fsp3) is 0.632. The van der Waals surface area contributed by atoms with E-state index in [1.165, 1.54) is 31.2 Å². The lowest BCUT2D eigenvalue weighted by Crippen LogP contribution is -2.50. The lowest BCUT2D eigenvalue weighted by atomic mass is 9.78. The standard InChI is InChI=1S/C19H28N2O/c1-14(18-12-20-13-18)19(22)21-11-15-7-9-17(10-8-15)16-5-3-2-4-6-16/h2-6,14-15,17-18,20H,7-13H2,1H3,(H,21,22). The van der Waals surface area contributed by atoms with E-state index in [4.69, 9.17) is 0 Å². The number of hydrogen-bond acceptors (Lipinski definition) is 2. The summed E-state index contributed by atoms with van der Waals surface area (Å²) in [6, 6.07) is 10.9. The minimum atomic E-state index is 0.155. The minimum Gasteiger partial charge on any atom is -0.356 e. The van der Waals surface area contributed by atoms with E-state index in [-0.39, 0.29) is 11.8 Å². The summed E-state index contributed by atoms with van der Waals surface area (Å²) < 4.78 is 0. The number of benzene rings is 1. The summed E-state index contributed by atoms with van der Waals surface area (Å²) in [4.78, 5) is 12.2. The van der Waals surface area contributed by atoms with Gasteiger partial charge in [0.15, 0.2) is 0 Å². The van der Waals surface area contributed by atoms with Crippen molar-refractivity contribution in [3.63, 3.8) is 0 Å². The smallest absolute Gasteiger partial charge is 0.223 e. The second kappa shape index (κ2) is 7.28. The van der Waals surface area contributed by atoms with Crippen LogP contribution in [0.25, 0.3) is 0 Å². The van der Waals surface area contributed by atoms with Crippen molar-refractivity contribution >= 4 is 5.91 Å². The highest BCUT2D eigenvalue weighted by Gasteiger charge is 2.29. The van der Waals surface area contributed by atoms with Gasteiger partial charge in [0.05, 0.1) is 0 Å². The molecule has 0 aromatic heterocycles. The third-order valence-corrected chi connectivity index (χ3v) is 5.62. The van der Waals surface area contributed by atoms with Gasteiger partial charge in [-0.15, -0.1) is 0 Å². The van der Waals surface area contributed by atoms with Gasteiger partial charge in [-0.3, -0.25) is 4.79 Å². The van der Waals surface area contributed by atoms with Crippen LogP contribution in [0.15, 0.2) is 30.3 Å². The molecule has 2 fully saturated rings. The molecule has 1 aliphatic carbocycles. The van der Waals surface area contributed by atoms with Gasteiger partial charge in [0, 0.05) is 12.5 Å². The predicted octanol–water partition coefficient (Wildman–Crippen LogP) is 2.93. The second-order valence-electron chi connectivity index (χ2n) is 7.08. The Hall–Kier alpha value is -1.35. The van der Waals surface area contributed by atoms with Gasteiger partial charge in [-0.25, -0.2) is 0 Å². The van der Waals surface area contributed by atoms with Crippen LogP contribution in [0.1, 0.15) is 44.1 Å². The lowest BCUT2D eigenvalue weighted by molar-refractivity contribution is -0.126. The van der Waals surface area contributed by atoms with E-state index in [2.05, 4.69) is 47.9 Å². The van der Waals surface area contributed by atoms with E-state index in [0.717, 1.165) is 19.6 Å². The van der Waals surface area contributed by atoms with Crippen molar-refractivity contribution in [2.24, 2.45) is 17.8 Å². The van der Waals surface area contributed by atoms with Crippen LogP contribution in [0.4, 0.5) is 0 Å². The van der Waals surface area contributed by atoms with Gasteiger partial charge in [0.2, 0.25) is 5.91 Å². The molecule has 1 unspecified atom stereocenters. The average Bonchev–Trinajstić information content (AvgIpc) is 2.52. The summed E-state index contributed by atoms with van der Waals surface area (Å²) in [5.41, 5.74) is 1.48. The summed E-state index contributed by atoms with van der Waals surface area (Å²) in [6.07, 6.45) is 4.98. The number of rotatable bonds is 5. The molecule has 1 saturated carbocycles. The summed E-state index contributed by atoms with van der Waals surface area (Å²) >= 11 is 0. The minimum absolute atomic E-state index is 0.155. The molecule has 22 heavy (non-hydrogen) atoms. The molecule has 1 aromatic carbocycles. The van der Waals surface area contributed by atoms with E-state index in [1.807, 2.05) is 0 Å². The molecule has 2 N–H and O–H groups in total. The molecule has 0 spiro atoms. The molecule has 1 aliphatic heterocycles. The number of carbonyl (C=O) groups excluding carboxylic acids is 1. The van der Waals surface area contributed by atoms with Gasteiger partial charge in [-0.1, -0.05) is 37.3 Å². The van der Waals surface area contributed by atoms with Crippen LogP contribution in [0, 0.1) is 17.8 Å². The van der Waals surface area contributed by atoms with Crippen LogP contribution in [0.5, 0.6) is 0 Å². The number of hydrogen-bond donors (Lipinski definition) is 2. The molecule has 1 aromatic rings. The van der Waals surface area contributed by atoms with Crippen LogP contribution in [-0.2, 0) is 4.79 Å². The highest BCUT2D eigenvalue weighted by molar-refractivity contribution is 5.78. The monoisotopic (exact) mass is 300 g/mol. The first-order chi connectivity index (χ1) is 10.7. The zero-order valence-corrected chi connectivity index (χ0v) is 13.6. The largest absolute Gasteiger partial charge is 0.356 e. The van der Waals surface area contributed by atoms with Crippen LogP contribution in [-0.4, -0.2) is 25.5 Å². The summed E-state index contributed by atoms with van der Waals surface area (Å²) in [7, 11) is 0. The Balaban J connectivity index is 1.39. The van der Waals surface area contributed by atoms with Gasteiger partial charge in [-0.05, 0) is 62.1 Å². The van der Waals surface area contributed by atoms with Crippen LogP contribution >= 0.6 is 0 Å². The SMILES string of the molecule is CC(C(=O)NCC1CCC(c2ccccc2)CC1)C1CNC1. The summed E-state index contributed by atoms with van der Waals surface area (Å²) in [5, 5.41) is 6.43. The van der Waals surface area contributed by atoms with Crippen molar-refractivity contribution in [3.8, 4) is 0 Å². The Kier molecular flexibility index (Phi) is 5.14. The highest BCUT2D eigenvalue weighted by atomic mass is 16.1. The molecule has 0 bridgehead atoms. The first-order valence-corrected chi connectivity index (χ1v) is 8.77. The molecule has 3 rings (SSSR count). The maximum Gasteiger partial charge on any atom is 0.223 e. The lowest BCUT2D eigenvalue weighted by Gasteiger charge is -2.33. The Labute approximate surface area is 133 Å². The van der Waals surface area contributed by atoms with Crippen LogP contribution in [0.2, 0.25) is 0 Å². The Morgan fingerprint density at radius 3 is 2.45 bits per heavy atom. The van der Waals surface area contributed by atoms with Gasteiger partial charge in [0.1, 0.15) is 0 Å². The predicted molar refractivity (Wildman–Crippen MR) is 89.7 cm³/mol. The number of amides is 1. The molecule has 2 aliphatic rings. The molecule has 3 nitrogen and oxygen atoms in total. The third kappa shape index (κ3) is 3.70. The third-order valence-electron chi connectivity index (χ3n) is 5.62. The van der Waals surface area contributed by atoms with E-state index in [9.17, 15) is 4.79 Å². The molecule has 120 valence electrons. The van der Waals surface area contributed by atoms with E-state index >= 15 is 0 Å². The van der Waals surface area contributed by atoms with Crippen LogP contribution < -0.4 is 10.6 Å². The van der Waals surface area contributed by atoms with Crippen molar-refractivity contribution in [1.82, 2.24) is 10.6 Å². The van der Waals surface area contributed by atoms with Crippen LogP contribution in [0.3, 0.4) is 0 Å². The molecule has 1 saturated heterocycles. The molecule has 3 heteroatoms. The highest BCUT2D eigenvalue weighted by Crippen LogP contribution is 2.35. The Bertz CT molecular complexity index is 475. The first kappa shape index (κ1) is 15.5. The molecular weight excluding hydrogens is 272 g/mol. The van der Waals surface area contributed by atoms with E-state index in [1.54, 1.807) is 0 Å². The van der Waals surface area contributed by atoms with Gasteiger partial charge >= 0.3 is 0 Å². The topological polar surface area (TPSA) is 41.1 Å². The number of nitrogens with one attached hydrogen (secondary N) is 2. The first-order valence-electron chi connectivity index (χ1n) is 8.77. The molecule has 1 amide bonds. The summed E-state index contributed by atoms with van der Waals surface area (Å²) in [6.45, 7) is 4.92. The molecule has 0 radical (unpaired) electrons. The maximum atomic E-state index is 12.2. The Morgan fingerprint density at radius 1 is 1.18 bits per heavy atom. The van der Waals surface area contributed by atoms with E-state index < -0.39 is 0 Å². The molecule has 1 atom stereocenters. The maximum absolute atomic E-state index is 12.2. The van der Waals surface area contributed by atoms with Crippen molar-refractivity contribution in [3.05, 3.63) is 35.9 Å². The number of carbonyl (C=O) groups is 1. The van der Waals surface area contributed by atoms with E-state index in [0.29, 0.717) is 17.8 Å². The quantitative estimate of drug-likeness (QED) is 0.878. The average molecular weight is 300 g/mol. The van der Waals surface area contributed by atoms with Crippen molar-refractivity contribution in [2.45, 2.75) is 38.5 Å².